The van der Waals surface area contributed by atoms with Crippen LogP contribution in [0.1, 0.15) is 18.9 Å². The lowest BCUT2D eigenvalue weighted by Gasteiger charge is -2.17. The van der Waals surface area contributed by atoms with Crippen LogP contribution in [0.4, 0.5) is 11.5 Å². The minimum atomic E-state index is 0.145. The van der Waals surface area contributed by atoms with Crippen molar-refractivity contribution in [3.8, 4) is 6.07 Å². The Morgan fingerprint density at radius 3 is 3.12 bits per heavy atom. The molecule has 1 aromatic heterocycles. The van der Waals surface area contributed by atoms with Crippen molar-refractivity contribution >= 4 is 11.5 Å². The summed E-state index contributed by atoms with van der Waals surface area (Å²) in [5.41, 5.74) is 6.68. The summed E-state index contributed by atoms with van der Waals surface area (Å²) in [7, 11) is 0. The van der Waals surface area contributed by atoms with Gasteiger partial charge in [0.15, 0.2) is 5.82 Å². The van der Waals surface area contributed by atoms with Crippen molar-refractivity contribution in [2.75, 3.05) is 17.7 Å². The minimum absolute atomic E-state index is 0.145. The van der Waals surface area contributed by atoms with E-state index in [1.54, 1.807) is 12.3 Å². The molecule has 84 valence electrons. The van der Waals surface area contributed by atoms with E-state index in [1.807, 2.05) is 13.0 Å². The van der Waals surface area contributed by atoms with E-state index in [0.29, 0.717) is 17.1 Å². The summed E-state index contributed by atoms with van der Waals surface area (Å²) >= 11 is 0. The van der Waals surface area contributed by atoms with Gasteiger partial charge in [0.25, 0.3) is 0 Å². The van der Waals surface area contributed by atoms with Gasteiger partial charge in [-0.25, -0.2) is 4.98 Å². The van der Waals surface area contributed by atoms with Crippen LogP contribution in [0.15, 0.2) is 12.3 Å². The predicted molar refractivity (Wildman–Crippen MR) is 60.8 cm³/mol. The zero-order valence-corrected chi connectivity index (χ0v) is 9.10. The van der Waals surface area contributed by atoms with Crippen LogP contribution in [0.25, 0.3) is 0 Å². The molecule has 1 fully saturated rings. The van der Waals surface area contributed by atoms with Gasteiger partial charge in [-0.05, 0) is 19.4 Å². The van der Waals surface area contributed by atoms with Gasteiger partial charge in [-0.2, -0.15) is 5.26 Å². The fourth-order valence-corrected chi connectivity index (χ4v) is 1.78. The Hall–Kier alpha value is -1.80. The summed E-state index contributed by atoms with van der Waals surface area (Å²) in [6.07, 6.45) is 2.66. The van der Waals surface area contributed by atoms with Gasteiger partial charge in [-0.15, -0.1) is 0 Å². The van der Waals surface area contributed by atoms with Gasteiger partial charge >= 0.3 is 0 Å². The van der Waals surface area contributed by atoms with E-state index in [9.17, 15) is 0 Å². The van der Waals surface area contributed by atoms with Gasteiger partial charge in [0.2, 0.25) is 0 Å². The maximum absolute atomic E-state index is 8.85. The first-order valence-corrected chi connectivity index (χ1v) is 5.25. The van der Waals surface area contributed by atoms with Crippen molar-refractivity contribution in [2.24, 2.45) is 0 Å². The quantitative estimate of drug-likeness (QED) is 0.777. The smallest absolute Gasteiger partial charge is 0.150 e. The molecule has 2 rings (SSSR count). The summed E-state index contributed by atoms with van der Waals surface area (Å²) in [6.45, 7) is 2.76. The molecular formula is C11H14N4O. The molecule has 3 N–H and O–H groups in total. The van der Waals surface area contributed by atoms with E-state index in [2.05, 4.69) is 10.3 Å². The Labute approximate surface area is 94.2 Å². The third-order valence-corrected chi connectivity index (χ3v) is 2.81. The zero-order valence-electron chi connectivity index (χ0n) is 9.10. The lowest BCUT2D eigenvalue weighted by molar-refractivity contribution is 0.121. The number of nitriles is 1. The van der Waals surface area contributed by atoms with E-state index in [0.717, 1.165) is 13.0 Å². The molecule has 0 aromatic carbocycles. The number of anilines is 2. The summed E-state index contributed by atoms with van der Waals surface area (Å²) < 4.78 is 5.44. The SMILES string of the molecule is CC1OCCC1Nc1nccc(C#N)c1N. The maximum atomic E-state index is 8.85. The van der Waals surface area contributed by atoms with Gasteiger partial charge in [-0.3, -0.25) is 0 Å². The number of hydrogen-bond acceptors (Lipinski definition) is 5. The molecule has 0 aliphatic carbocycles. The average Bonchev–Trinajstić information content (AvgIpc) is 2.68. The molecule has 1 aliphatic rings. The van der Waals surface area contributed by atoms with Gasteiger partial charge in [-0.1, -0.05) is 0 Å². The monoisotopic (exact) mass is 218 g/mol. The number of nitrogens with two attached hydrogens (primary N) is 1. The molecule has 1 aliphatic heterocycles. The van der Waals surface area contributed by atoms with Crippen LogP contribution in [0.5, 0.6) is 0 Å². The predicted octanol–water partition coefficient (Wildman–Crippen LogP) is 1.12. The van der Waals surface area contributed by atoms with Crippen LogP contribution in [0.2, 0.25) is 0 Å². The molecule has 16 heavy (non-hydrogen) atoms. The second-order valence-electron chi connectivity index (χ2n) is 3.85. The Morgan fingerprint density at radius 2 is 2.50 bits per heavy atom. The van der Waals surface area contributed by atoms with Crippen molar-refractivity contribution in [1.29, 1.82) is 5.26 Å². The third-order valence-electron chi connectivity index (χ3n) is 2.81. The minimum Gasteiger partial charge on any atom is -0.395 e. The number of nitrogens with one attached hydrogen (secondary N) is 1. The van der Waals surface area contributed by atoms with Gasteiger partial charge in [0.1, 0.15) is 6.07 Å². The lowest BCUT2D eigenvalue weighted by Crippen LogP contribution is -2.27. The first-order chi connectivity index (χ1) is 7.72. The molecule has 5 nitrogen and oxygen atoms in total. The lowest BCUT2D eigenvalue weighted by atomic mass is 10.1. The normalized spacial score (nSPS) is 24.0. The topological polar surface area (TPSA) is 84.0 Å². The fourth-order valence-electron chi connectivity index (χ4n) is 1.78. The van der Waals surface area contributed by atoms with Crippen LogP contribution in [-0.4, -0.2) is 23.7 Å². The van der Waals surface area contributed by atoms with Crippen molar-refractivity contribution < 1.29 is 4.74 Å². The number of rotatable bonds is 2. The molecule has 2 atom stereocenters. The first-order valence-electron chi connectivity index (χ1n) is 5.25. The summed E-state index contributed by atoms with van der Waals surface area (Å²) in [5, 5.41) is 12.1. The van der Waals surface area contributed by atoms with Crippen molar-refractivity contribution in [3.05, 3.63) is 17.8 Å². The van der Waals surface area contributed by atoms with Gasteiger partial charge < -0.3 is 15.8 Å². The highest BCUT2D eigenvalue weighted by molar-refractivity contribution is 5.69. The number of aromatic nitrogens is 1. The molecule has 5 heteroatoms. The van der Waals surface area contributed by atoms with Gasteiger partial charge in [0, 0.05) is 12.8 Å². The van der Waals surface area contributed by atoms with Crippen LogP contribution in [0, 0.1) is 11.3 Å². The van der Waals surface area contributed by atoms with Crippen molar-refractivity contribution in [1.82, 2.24) is 4.98 Å². The van der Waals surface area contributed by atoms with Crippen molar-refractivity contribution in [3.63, 3.8) is 0 Å². The number of pyridine rings is 1. The molecule has 1 aromatic rings. The number of hydrogen-bond donors (Lipinski definition) is 2. The van der Waals surface area contributed by atoms with Crippen LogP contribution in [-0.2, 0) is 4.74 Å². The third kappa shape index (κ3) is 1.92. The molecule has 0 amide bonds. The number of nitrogens with zero attached hydrogens (tertiary/aromatic N) is 2. The first kappa shape index (κ1) is 10.7. The second kappa shape index (κ2) is 4.37. The Bertz CT molecular complexity index is 426. The summed E-state index contributed by atoms with van der Waals surface area (Å²) in [6, 6.07) is 3.85. The highest BCUT2D eigenvalue weighted by atomic mass is 16.5. The van der Waals surface area contributed by atoms with Crippen molar-refractivity contribution in [2.45, 2.75) is 25.5 Å². The van der Waals surface area contributed by atoms with Crippen LogP contribution >= 0.6 is 0 Å². The number of nitrogen functional groups attached to an aromatic ring is 1. The standard InChI is InChI=1S/C11H14N4O/c1-7-9(3-5-16-7)15-11-10(13)8(6-12)2-4-14-11/h2,4,7,9H,3,5,13H2,1H3,(H,14,15). The van der Waals surface area contributed by atoms with Crippen LogP contribution < -0.4 is 11.1 Å². The highest BCUT2D eigenvalue weighted by Crippen LogP contribution is 2.23. The second-order valence-corrected chi connectivity index (χ2v) is 3.85. The van der Waals surface area contributed by atoms with E-state index in [4.69, 9.17) is 15.7 Å². The summed E-state index contributed by atoms with van der Waals surface area (Å²) in [4.78, 5) is 4.14. The molecule has 0 radical (unpaired) electrons. The molecule has 0 bridgehead atoms. The molecule has 2 heterocycles. The zero-order chi connectivity index (χ0) is 11.5. The molecule has 0 saturated carbocycles. The summed E-state index contributed by atoms with van der Waals surface area (Å²) in [5.74, 6) is 0.571. The van der Waals surface area contributed by atoms with Crippen LogP contribution in [0.3, 0.4) is 0 Å². The average molecular weight is 218 g/mol. The van der Waals surface area contributed by atoms with E-state index < -0.39 is 0 Å². The van der Waals surface area contributed by atoms with E-state index in [1.165, 1.54) is 0 Å². The Morgan fingerprint density at radius 1 is 1.69 bits per heavy atom. The number of ether oxygens (including phenoxy) is 1. The molecule has 1 saturated heterocycles. The largest absolute Gasteiger partial charge is 0.395 e. The van der Waals surface area contributed by atoms with E-state index >= 15 is 0 Å². The molecule has 0 spiro atoms. The molecular weight excluding hydrogens is 204 g/mol. The van der Waals surface area contributed by atoms with Gasteiger partial charge in [0.05, 0.1) is 23.4 Å². The Balaban J connectivity index is 2.19. The fraction of sp³-hybridized carbons (Fsp3) is 0.455. The van der Waals surface area contributed by atoms with E-state index in [-0.39, 0.29) is 12.1 Å². The highest BCUT2D eigenvalue weighted by Gasteiger charge is 2.25. The molecule has 2 unspecified atom stereocenters. The maximum Gasteiger partial charge on any atom is 0.150 e. The Kier molecular flexibility index (Phi) is 2.93.